The molecule has 0 bridgehead atoms. The molecular weight excluding hydrogens is 290 g/mol. The number of halogens is 1. The van der Waals surface area contributed by atoms with Gasteiger partial charge in [0.15, 0.2) is 0 Å². The summed E-state index contributed by atoms with van der Waals surface area (Å²) in [5.41, 5.74) is 1.09. The second-order valence-electron chi connectivity index (χ2n) is 5.76. The highest BCUT2D eigenvalue weighted by molar-refractivity contribution is 6.33. The molecule has 2 N–H and O–H groups in total. The fourth-order valence-corrected chi connectivity index (χ4v) is 3.07. The summed E-state index contributed by atoms with van der Waals surface area (Å²) in [7, 11) is 1.35. The molecule has 0 atom stereocenters. The van der Waals surface area contributed by atoms with E-state index in [-0.39, 0.29) is 18.0 Å². The molecule has 4 nitrogen and oxygen atoms in total. The first-order valence-electron chi connectivity index (χ1n) is 7.33. The van der Waals surface area contributed by atoms with Crippen LogP contribution in [0.5, 0.6) is 0 Å². The second-order valence-corrected chi connectivity index (χ2v) is 6.17. The van der Waals surface area contributed by atoms with Gasteiger partial charge in [-0.15, -0.1) is 0 Å². The van der Waals surface area contributed by atoms with Crippen LogP contribution in [-0.2, 0) is 4.74 Å². The number of anilines is 1. The van der Waals surface area contributed by atoms with Crippen LogP contribution in [0.4, 0.5) is 5.69 Å². The van der Waals surface area contributed by atoms with Crippen LogP contribution in [0.1, 0.15) is 42.5 Å². The minimum absolute atomic E-state index is 0.0805. The number of hydrogen-bond acceptors (Lipinski definition) is 4. The maximum Gasteiger partial charge on any atom is 0.337 e. The van der Waals surface area contributed by atoms with E-state index in [1.807, 2.05) is 0 Å². The molecule has 0 unspecified atom stereocenters. The fourth-order valence-electron chi connectivity index (χ4n) is 2.88. The lowest BCUT2D eigenvalue weighted by molar-refractivity contribution is 0.0600. The molecule has 1 fully saturated rings. The van der Waals surface area contributed by atoms with Gasteiger partial charge in [-0.05, 0) is 31.0 Å². The minimum Gasteiger partial charge on any atom is -0.465 e. The first-order chi connectivity index (χ1) is 10.1. The van der Waals surface area contributed by atoms with Gasteiger partial charge in [0.25, 0.3) is 0 Å². The number of nitrogens with one attached hydrogen (secondary N) is 1. The van der Waals surface area contributed by atoms with E-state index >= 15 is 0 Å². The molecule has 0 heterocycles. The third-order valence-corrected chi connectivity index (χ3v) is 4.62. The smallest absolute Gasteiger partial charge is 0.337 e. The van der Waals surface area contributed by atoms with Crippen LogP contribution < -0.4 is 5.32 Å². The Balaban J connectivity index is 2.09. The normalized spacial score (nSPS) is 17.3. The molecule has 2 rings (SSSR count). The molecule has 0 aliphatic heterocycles. The number of carbonyl (C=O) groups is 1. The molecule has 0 saturated heterocycles. The molecule has 0 spiro atoms. The van der Waals surface area contributed by atoms with Gasteiger partial charge in [-0.1, -0.05) is 30.9 Å². The van der Waals surface area contributed by atoms with Crippen LogP contribution in [-0.4, -0.2) is 31.3 Å². The summed E-state index contributed by atoms with van der Waals surface area (Å²) in [6.45, 7) is 0.835. The average molecular weight is 312 g/mol. The summed E-state index contributed by atoms with van der Waals surface area (Å²) < 4.78 is 4.72. The molecule has 1 aliphatic carbocycles. The highest BCUT2D eigenvalue weighted by Crippen LogP contribution is 2.36. The lowest BCUT2D eigenvalue weighted by Gasteiger charge is -2.36. The van der Waals surface area contributed by atoms with E-state index in [1.165, 1.54) is 13.5 Å². The van der Waals surface area contributed by atoms with Crippen LogP contribution in [0.2, 0.25) is 5.02 Å². The maximum atomic E-state index is 11.6. The lowest BCUT2D eigenvalue weighted by atomic mass is 9.74. The summed E-state index contributed by atoms with van der Waals surface area (Å²) in [6.07, 6.45) is 5.58. The van der Waals surface area contributed by atoms with Crippen molar-refractivity contribution < 1.29 is 14.6 Å². The number of ether oxygens (including phenoxy) is 1. The number of benzene rings is 1. The quantitative estimate of drug-likeness (QED) is 0.817. The van der Waals surface area contributed by atoms with Crippen molar-refractivity contribution in [3.05, 3.63) is 28.8 Å². The third kappa shape index (κ3) is 3.89. The van der Waals surface area contributed by atoms with E-state index in [1.54, 1.807) is 18.2 Å². The van der Waals surface area contributed by atoms with Crippen molar-refractivity contribution in [2.75, 3.05) is 25.6 Å². The Bertz CT molecular complexity index is 498. The summed E-state index contributed by atoms with van der Waals surface area (Å²) in [5.74, 6) is -0.385. The predicted molar refractivity (Wildman–Crippen MR) is 83.9 cm³/mol. The minimum atomic E-state index is -0.385. The number of carbonyl (C=O) groups excluding carboxylic acids is 1. The van der Waals surface area contributed by atoms with Gasteiger partial charge in [0, 0.05) is 12.0 Å². The van der Waals surface area contributed by atoms with Gasteiger partial charge in [0.05, 0.1) is 30.0 Å². The largest absolute Gasteiger partial charge is 0.465 e. The van der Waals surface area contributed by atoms with Gasteiger partial charge in [-0.25, -0.2) is 4.79 Å². The molecule has 116 valence electrons. The van der Waals surface area contributed by atoms with Crippen molar-refractivity contribution in [2.24, 2.45) is 5.41 Å². The Morgan fingerprint density at radius 2 is 2.10 bits per heavy atom. The van der Waals surface area contributed by atoms with Crippen LogP contribution in [0.25, 0.3) is 0 Å². The molecule has 0 amide bonds. The molecule has 1 aromatic rings. The standard InChI is InChI=1S/C16H22ClNO3/c1-21-15(20)12-5-6-13(17)14(9-12)18-10-16(11-19)7-3-2-4-8-16/h5-6,9,18-19H,2-4,7-8,10-11H2,1H3. The van der Waals surface area contributed by atoms with Gasteiger partial charge >= 0.3 is 5.97 Å². The molecular formula is C16H22ClNO3. The number of methoxy groups -OCH3 is 1. The van der Waals surface area contributed by atoms with Crippen molar-refractivity contribution in [1.29, 1.82) is 0 Å². The fraction of sp³-hybridized carbons (Fsp3) is 0.562. The zero-order chi connectivity index (χ0) is 15.3. The Morgan fingerprint density at radius 3 is 2.71 bits per heavy atom. The van der Waals surface area contributed by atoms with Crippen molar-refractivity contribution in [2.45, 2.75) is 32.1 Å². The number of aliphatic hydroxyl groups is 1. The SMILES string of the molecule is COC(=O)c1ccc(Cl)c(NCC2(CO)CCCCC2)c1. The van der Waals surface area contributed by atoms with E-state index in [4.69, 9.17) is 16.3 Å². The van der Waals surface area contributed by atoms with Crippen LogP contribution >= 0.6 is 11.6 Å². The molecule has 1 aromatic carbocycles. The number of hydrogen-bond donors (Lipinski definition) is 2. The zero-order valence-electron chi connectivity index (χ0n) is 12.3. The second kappa shape index (κ2) is 7.14. The highest BCUT2D eigenvalue weighted by atomic mass is 35.5. The van der Waals surface area contributed by atoms with Gasteiger partial charge in [0.2, 0.25) is 0 Å². The molecule has 1 saturated carbocycles. The lowest BCUT2D eigenvalue weighted by Crippen LogP contribution is -2.35. The van der Waals surface area contributed by atoms with Gasteiger partial charge in [-0.2, -0.15) is 0 Å². The van der Waals surface area contributed by atoms with Gasteiger partial charge < -0.3 is 15.2 Å². The van der Waals surface area contributed by atoms with Crippen molar-refractivity contribution in [3.63, 3.8) is 0 Å². The van der Waals surface area contributed by atoms with Crippen molar-refractivity contribution in [3.8, 4) is 0 Å². The summed E-state index contributed by atoms with van der Waals surface area (Å²) >= 11 is 6.17. The maximum absolute atomic E-state index is 11.6. The number of esters is 1. The van der Waals surface area contributed by atoms with E-state index < -0.39 is 0 Å². The van der Waals surface area contributed by atoms with Crippen molar-refractivity contribution in [1.82, 2.24) is 0 Å². The highest BCUT2D eigenvalue weighted by Gasteiger charge is 2.31. The first kappa shape index (κ1) is 16.1. The van der Waals surface area contributed by atoms with Crippen LogP contribution in [0.15, 0.2) is 18.2 Å². The topological polar surface area (TPSA) is 58.6 Å². The average Bonchev–Trinajstić information content (AvgIpc) is 2.54. The van der Waals surface area contributed by atoms with E-state index in [2.05, 4.69) is 5.32 Å². The monoisotopic (exact) mass is 311 g/mol. The summed E-state index contributed by atoms with van der Waals surface area (Å²) in [5, 5.41) is 13.6. The Kier molecular flexibility index (Phi) is 5.48. The Labute approximate surface area is 130 Å². The Hall–Kier alpha value is -1.26. The van der Waals surface area contributed by atoms with Crippen molar-refractivity contribution >= 4 is 23.3 Å². The van der Waals surface area contributed by atoms with Crippen LogP contribution in [0, 0.1) is 5.41 Å². The van der Waals surface area contributed by atoms with Crippen LogP contribution in [0.3, 0.4) is 0 Å². The Morgan fingerprint density at radius 1 is 1.38 bits per heavy atom. The predicted octanol–water partition coefficient (Wildman–Crippen LogP) is 3.48. The zero-order valence-corrected chi connectivity index (χ0v) is 13.1. The molecule has 21 heavy (non-hydrogen) atoms. The van der Waals surface area contributed by atoms with E-state index in [0.717, 1.165) is 25.7 Å². The molecule has 0 aromatic heterocycles. The first-order valence-corrected chi connectivity index (χ1v) is 7.71. The van der Waals surface area contributed by atoms with E-state index in [9.17, 15) is 9.90 Å². The molecule has 5 heteroatoms. The van der Waals surface area contributed by atoms with Gasteiger partial charge in [0.1, 0.15) is 0 Å². The molecule has 0 radical (unpaired) electrons. The van der Waals surface area contributed by atoms with Gasteiger partial charge in [-0.3, -0.25) is 0 Å². The van der Waals surface area contributed by atoms with E-state index in [0.29, 0.717) is 22.8 Å². The molecule has 1 aliphatic rings. The summed E-state index contributed by atoms with van der Waals surface area (Å²) in [6, 6.07) is 5.02. The number of aliphatic hydroxyl groups excluding tert-OH is 1. The third-order valence-electron chi connectivity index (χ3n) is 4.29. The summed E-state index contributed by atoms with van der Waals surface area (Å²) in [4.78, 5) is 11.6. The number of rotatable bonds is 5.